The van der Waals surface area contributed by atoms with Crippen molar-refractivity contribution in [3.63, 3.8) is 0 Å². The van der Waals surface area contributed by atoms with Crippen molar-refractivity contribution in [2.45, 2.75) is 131 Å². The maximum Gasteiger partial charge on any atom is 0.306 e. The van der Waals surface area contributed by atoms with Gasteiger partial charge in [0.15, 0.2) is 0 Å². The molecule has 4 aliphatic carbocycles. The molecule has 8 atom stereocenters. The topological polar surface area (TPSA) is 98.0 Å². The van der Waals surface area contributed by atoms with E-state index in [-0.39, 0.29) is 46.2 Å². The molecular weight excluding hydrogens is 464 g/mol. The number of carboxylic acid groups (broad SMARTS) is 1. The third-order valence-electron chi connectivity index (χ3n) is 12.9. The molecular formula is C32H54O5. The SMILES string of the molecule is CC(C)(O)C(CCO)CC[C@H](C(=O)O)[C@@H]1CC[C@]2(C)C3=C(CC[C@@]12C)[C@@]1(C)CC[C@@H](O)C(C)(C)[C@@H]1CC3. The third-order valence-corrected chi connectivity index (χ3v) is 12.9. The summed E-state index contributed by atoms with van der Waals surface area (Å²) in [6.45, 7) is 15.4. The van der Waals surface area contributed by atoms with E-state index in [1.54, 1.807) is 25.0 Å². The van der Waals surface area contributed by atoms with Crippen molar-refractivity contribution in [3.05, 3.63) is 11.1 Å². The van der Waals surface area contributed by atoms with Crippen LogP contribution in [0.4, 0.5) is 0 Å². The molecule has 0 aromatic heterocycles. The normalized spacial score (nSPS) is 41.0. The van der Waals surface area contributed by atoms with E-state index in [1.165, 1.54) is 0 Å². The van der Waals surface area contributed by atoms with Crippen LogP contribution in [0.2, 0.25) is 0 Å². The number of fused-ring (bicyclic) bond motifs is 4. The predicted octanol–water partition coefficient (Wildman–Crippen LogP) is 6.35. The van der Waals surface area contributed by atoms with Crippen LogP contribution < -0.4 is 0 Å². The van der Waals surface area contributed by atoms with Crippen molar-refractivity contribution in [1.82, 2.24) is 0 Å². The molecule has 4 N–H and O–H groups in total. The monoisotopic (exact) mass is 518 g/mol. The van der Waals surface area contributed by atoms with Gasteiger partial charge in [0, 0.05) is 6.61 Å². The van der Waals surface area contributed by atoms with Crippen LogP contribution in [0.5, 0.6) is 0 Å². The molecule has 0 bridgehead atoms. The summed E-state index contributed by atoms with van der Waals surface area (Å²) < 4.78 is 0. The molecule has 0 aromatic carbocycles. The van der Waals surface area contributed by atoms with Gasteiger partial charge in [-0.05, 0) is 124 Å². The van der Waals surface area contributed by atoms with Crippen molar-refractivity contribution in [3.8, 4) is 0 Å². The highest BCUT2D eigenvalue weighted by molar-refractivity contribution is 5.70. The van der Waals surface area contributed by atoms with Crippen molar-refractivity contribution < 1.29 is 25.2 Å². The van der Waals surface area contributed by atoms with E-state index in [9.17, 15) is 25.2 Å². The lowest BCUT2D eigenvalue weighted by Crippen LogP contribution is -2.55. The van der Waals surface area contributed by atoms with Crippen molar-refractivity contribution in [1.29, 1.82) is 0 Å². The van der Waals surface area contributed by atoms with Gasteiger partial charge in [-0.15, -0.1) is 0 Å². The van der Waals surface area contributed by atoms with E-state index in [0.29, 0.717) is 25.2 Å². The Morgan fingerprint density at radius 1 is 0.946 bits per heavy atom. The number of carboxylic acids is 1. The summed E-state index contributed by atoms with van der Waals surface area (Å²) in [6.07, 6.45) is 9.64. The largest absolute Gasteiger partial charge is 0.481 e. The van der Waals surface area contributed by atoms with Crippen molar-refractivity contribution in [2.75, 3.05) is 6.61 Å². The van der Waals surface area contributed by atoms with Crippen LogP contribution in [-0.4, -0.2) is 44.7 Å². The standard InChI is InChI=1S/C32H54O5/c1-28(2)25-11-10-24-23(30(25,5)16-14-26(28)34)13-18-31(6)22(12-17-32(24,31)7)21(27(35)36)9-8-20(15-19-33)29(3,4)37/h20-22,25-26,33-34,37H,8-19H2,1-7H3,(H,35,36)/t20?,21-,22-,25-,26+,30+,31-,32+/m0/s1. The summed E-state index contributed by atoms with van der Waals surface area (Å²) in [5, 5.41) is 41.4. The maximum absolute atomic E-state index is 12.7. The van der Waals surface area contributed by atoms with Gasteiger partial charge in [-0.1, -0.05) is 45.8 Å². The Labute approximate surface area is 225 Å². The van der Waals surface area contributed by atoms with E-state index < -0.39 is 17.5 Å². The second-order valence-electron chi connectivity index (χ2n) is 15.1. The molecule has 1 unspecified atom stereocenters. The highest BCUT2D eigenvalue weighted by atomic mass is 16.4. The minimum Gasteiger partial charge on any atom is -0.481 e. The van der Waals surface area contributed by atoms with E-state index >= 15 is 0 Å². The molecule has 0 aromatic rings. The molecule has 4 aliphatic rings. The first-order valence-electron chi connectivity index (χ1n) is 15.0. The molecule has 2 saturated carbocycles. The fourth-order valence-electron chi connectivity index (χ4n) is 10.2. The Bertz CT molecular complexity index is 915. The lowest BCUT2D eigenvalue weighted by atomic mass is 9.43. The summed E-state index contributed by atoms with van der Waals surface area (Å²) in [4.78, 5) is 12.7. The maximum atomic E-state index is 12.7. The molecule has 0 heterocycles. The van der Waals surface area contributed by atoms with Crippen molar-refractivity contribution >= 4 is 5.97 Å². The van der Waals surface area contributed by atoms with Crippen LogP contribution in [0.15, 0.2) is 11.1 Å². The molecule has 212 valence electrons. The molecule has 2 fully saturated rings. The fourth-order valence-corrected chi connectivity index (χ4v) is 10.2. The Hall–Kier alpha value is -0.910. The Balaban J connectivity index is 1.64. The summed E-state index contributed by atoms with van der Waals surface area (Å²) in [5.74, 6) is -0.623. The second kappa shape index (κ2) is 9.63. The summed E-state index contributed by atoms with van der Waals surface area (Å²) in [7, 11) is 0. The van der Waals surface area contributed by atoms with E-state index in [1.807, 2.05) is 0 Å². The van der Waals surface area contributed by atoms with Gasteiger partial charge < -0.3 is 20.4 Å². The van der Waals surface area contributed by atoms with Crippen molar-refractivity contribution in [2.24, 2.45) is 45.3 Å². The van der Waals surface area contributed by atoms with E-state index in [2.05, 4.69) is 34.6 Å². The average Bonchev–Trinajstić information content (AvgIpc) is 3.07. The van der Waals surface area contributed by atoms with Gasteiger partial charge in [0.25, 0.3) is 0 Å². The first-order valence-corrected chi connectivity index (χ1v) is 15.0. The van der Waals surface area contributed by atoms with Gasteiger partial charge in [-0.3, -0.25) is 4.79 Å². The highest BCUT2D eigenvalue weighted by Crippen LogP contribution is 2.72. The van der Waals surface area contributed by atoms with Gasteiger partial charge in [0.2, 0.25) is 0 Å². The summed E-state index contributed by atoms with van der Waals surface area (Å²) in [5.41, 5.74) is 2.38. The zero-order chi connectivity index (χ0) is 27.6. The molecule has 0 radical (unpaired) electrons. The number of aliphatic hydroxyl groups is 3. The molecule has 37 heavy (non-hydrogen) atoms. The molecule has 5 nitrogen and oxygen atoms in total. The van der Waals surface area contributed by atoms with E-state index in [0.717, 1.165) is 51.4 Å². The number of hydrogen-bond donors (Lipinski definition) is 4. The van der Waals surface area contributed by atoms with Crippen LogP contribution in [-0.2, 0) is 4.79 Å². The second-order valence-corrected chi connectivity index (χ2v) is 15.1. The Kier molecular flexibility index (Phi) is 7.57. The average molecular weight is 519 g/mol. The minimum absolute atomic E-state index is 0.0101. The van der Waals surface area contributed by atoms with Crippen LogP contribution in [0, 0.1) is 45.3 Å². The van der Waals surface area contributed by atoms with Gasteiger partial charge in [-0.25, -0.2) is 0 Å². The predicted molar refractivity (Wildman–Crippen MR) is 147 cm³/mol. The highest BCUT2D eigenvalue weighted by Gasteiger charge is 2.64. The molecule has 0 aliphatic heterocycles. The van der Waals surface area contributed by atoms with Crippen LogP contribution >= 0.6 is 0 Å². The minimum atomic E-state index is -0.931. The number of hydrogen-bond acceptors (Lipinski definition) is 4. The van der Waals surface area contributed by atoms with Gasteiger partial charge in [-0.2, -0.15) is 0 Å². The number of aliphatic carboxylic acids is 1. The zero-order valence-electron chi connectivity index (χ0n) is 24.6. The molecule has 0 spiro atoms. The van der Waals surface area contributed by atoms with E-state index in [4.69, 9.17) is 0 Å². The Morgan fingerprint density at radius 2 is 1.62 bits per heavy atom. The number of aliphatic hydroxyl groups excluding tert-OH is 2. The lowest BCUT2D eigenvalue weighted by Gasteiger charge is -2.62. The number of rotatable bonds is 8. The Morgan fingerprint density at radius 3 is 2.22 bits per heavy atom. The smallest absolute Gasteiger partial charge is 0.306 e. The number of carbonyl (C=O) groups is 1. The van der Waals surface area contributed by atoms with Gasteiger partial charge in [0.1, 0.15) is 0 Å². The molecule has 5 heteroatoms. The lowest BCUT2D eigenvalue weighted by molar-refractivity contribution is -0.147. The summed E-state index contributed by atoms with van der Waals surface area (Å²) in [6, 6.07) is 0. The fraction of sp³-hybridized carbons (Fsp3) is 0.906. The van der Waals surface area contributed by atoms with Crippen LogP contribution in [0.3, 0.4) is 0 Å². The molecule has 0 amide bonds. The van der Waals surface area contributed by atoms with Gasteiger partial charge in [0.05, 0.1) is 17.6 Å². The number of allylic oxidation sites excluding steroid dienone is 2. The van der Waals surface area contributed by atoms with Crippen LogP contribution in [0.25, 0.3) is 0 Å². The first kappa shape index (κ1) is 29.1. The third kappa shape index (κ3) is 4.43. The first-order chi connectivity index (χ1) is 17.0. The zero-order valence-corrected chi connectivity index (χ0v) is 24.6. The molecule has 4 rings (SSSR count). The summed E-state index contributed by atoms with van der Waals surface area (Å²) >= 11 is 0. The quantitative estimate of drug-likeness (QED) is 0.281. The van der Waals surface area contributed by atoms with Crippen LogP contribution in [0.1, 0.15) is 119 Å². The molecule has 0 saturated heterocycles. The van der Waals surface area contributed by atoms with Gasteiger partial charge >= 0.3 is 5.97 Å².